The molecule has 0 bridgehead atoms. The Labute approximate surface area is 134 Å². The molecular formula is C16H22N2O5. The second-order valence-corrected chi connectivity index (χ2v) is 6.69. The van der Waals surface area contributed by atoms with Crippen molar-refractivity contribution in [3.63, 3.8) is 0 Å². The topological polar surface area (TPSA) is 98.9 Å². The first-order valence-corrected chi connectivity index (χ1v) is 8.07. The lowest BCUT2D eigenvalue weighted by atomic mass is 9.98. The zero-order valence-electron chi connectivity index (χ0n) is 13.2. The van der Waals surface area contributed by atoms with E-state index in [-0.39, 0.29) is 30.9 Å². The van der Waals surface area contributed by atoms with Gasteiger partial charge in [-0.1, -0.05) is 16.7 Å². The summed E-state index contributed by atoms with van der Waals surface area (Å²) in [7, 11) is 0. The zero-order valence-corrected chi connectivity index (χ0v) is 13.2. The quantitative estimate of drug-likeness (QED) is 0.482. The van der Waals surface area contributed by atoms with Crippen LogP contribution in [0.2, 0.25) is 0 Å². The minimum Gasteiger partial charge on any atom is -0.432 e. The molecule has 3 aliphatic rings. The number of ether oxygens (including phenoxy) is 1. The Morgan fingerprint density at radius 3 is 2.74 bits per heavy atom. The molecular weight excluding hydrogens is 300 g/mol. The molecule has 7 nitrogen and oxygen atoms in total. The van der Waals surface area contributed by atoms with Gasteiger partial charge in [0.05, 0.1) is 6.61 Å². The summed E-state index contributed by atoms with van der Waals surface area (Å²) in [6.07, 6.45) is 5.15. The van der Waals surface area contributed by atoms with Crippen LogP contribution in [0.4, 0.5) is 4.79 Å². The van der Waals surface area contributed by atoms with E-state index in [1.54, 1.807) is 0 Å². The summed E-state index contributed by atoms with van der Waals surface area (Å²) < 4.78 is 5.09. The van der Waals surface area contributed by atoms with Gasteiger partial charge in [-0.05, 0) is 38.5 Å². The average Bonchev–Trinajstić information content (AvgIpc) is 2.91. The number of carbonyl (C=O) groups is 3. The molecule has 1 heterocycles. The van der Waals surface area contributed by atoms with Crippen molar-refractivity contribution in [1.82, 2.24) is 5.06 Å². The molecule has 126 valence electrons. The van der Waals surface area contributed by atoms with Crippen LogP contribution in [0.3, 0.4) is 0 Å². The number of carbonyl (C=O) groups excluding carboxylic acids is 3. The Bertz CT molecular complexity index is 557. The minimum atomic E-state index is -1.02. The van der Waals surface area contributed by atoms with Crippen LogP contribution in [0.5, 0.6) is 0 Å². The van der Waals surface area contributed by atoms with Crippen LogP contribution < -0.4 is 5.73 Å². The van der Waals surface area contributed by atoms with Crippen LogP contribution in [-0.2, 0) is 19.2 Å². The maximum Gasteiger partial charge on any atom is 0.533 e. The van der Waals surface area contributed by atoms with E-state index < -0.39 is 18.0 Å². The zero-order chi connectivity index (χ0) is 16.6. The number of fused-ring (bicyclic) bond motifs is 1. The van der Waals surface area contributed by atoms with Gasteiger partial charge in [0.1, 0.15) is 0 Å². The summed E-state index contributed by atoms with van der Waals surface area (Å²) in [5.41, 5.74) is 7.52. The van der Waals surface area contributed by atoms with Gasteiger partial charge in [-0.15, -0.1) is 0 Å². The van der Waals surface area contributed by atoms with Gasteiger partial charge in [0.25, 0.3) is 11.8 Å². The summed E-state index contributed by atoms with van der Waals surface area (Å²) >= 11 is 0. The maximum absolute atomic E-state index is 11.7. The fourth-order valence-electron chi connectivity index (χ4n) is 3.71. The van der Waals surface area contributed by atoms with Gasteiger partial charge >= 0.3 is 6.16 Å². The fraction of sp³-hybridized carbons (Fsp3) is 0.688. The number of allylic oxidation sites excluding steroid dienone is 2. The third-order valence-electron chi connectivity index (χ3n) is 5.23. The van der Waals surface area contributed by atoms with Gasteiger partial charge in [0, 0.05) is 24.3 Å². The lowest BCUT2D eigenvalue weighted by Gasteiger charge is -2.14. The molecule has 23 heavy (non-hydrogen) atoms. The van der Waals surface area contributed by atoms with E-state index in [1.807, 2.05) is 0 Å². The van der Waals surface area contributed by atoms with Crippen LogP contribution in [0.15, 0.2) is 11.6 Å². The van der Waals surface area contributed by atoms with Gasteiger partial charge in [0.2, 0.25) is 0 Å². The van der Waals surface area contributed by atoms with E-state index in [0.717, 1.165) is 25.7 Å². The normalized spacial score (nSPS) is 35.7. The average molecular weight is 322 g/mol. The van der Waals surface area contributed by atoms with Gasteiger partial charge in [-0.3, -0.25) is 14.4 Å². The van der Waals surface area contributed by atoms with Crippen LogP contribution in [0.25, 0.3) is 0 Å². The number of amides is 2. The summed E-state index contributed by atoms with van der Waals surface area (Å²) in [5.74, 6) is -0.581. The second kappa shape index (κ2) is 5.96. The Kier molecular flexibility index (Phi) is 4.14. The number of nitrogens with zero attached hydrogens (tertiary/aromatic N) is 1. The predicted molar refractivity (Wildman–Crippen MR) is 79.6 cm³/mol. The molecule has 0 spiro atoms. The summed E-state index contributed by atoms with van der Waals surface area (Å²) in [6.45, 7) is 2.29. The van der Waals surface area contributed by atoms with Crippen LogP contribution in [-0.4, -0.2) is 35.2 Å². The molecule has 1 saturated carbocycles. The Morgan fingerprint density at radius 1 is 1.35 bits per heavy atom. The molecule has 1 aliphatic heterocycles. The number of hydroxylamine groups is 2. The van der Waals surface area contributed by atoms with Crippen molar-refractivity contribution in [3.8, 4) is 0 Å². The molecule has 0 aromatic carbocycles. The monoisotopic (exact) mass is 322 g/mol. The number of nitrogens with two attached hydrogens (primary N) is 1. The van der Waals surface area contributed by atoms with Gasteiger partial charge < -0.3 is 10.5 Å². The summed E-state index contributed by atoms with van der Waals surface area (Å²) in [4.78, 5) is 39.1. The van der Waals surface area contributed by atoms with Crippen molar-refractivity contribution in [2.75, 3.05) is 6.61 Å². The molecule has 2 N–H and O–H groups in total. The van der Waals surface area contributed by atoms with E-state index >= 15 is 0 Å². The molecule has 0 aromatic rings. The molecule has 2 amide bonds. The van der Waals surface area contributed by atoms with Crippen LogP contribution in [0.1, 0.15) is 45.4 Å². The number of hydrogen-bond donors (Lipinski definition) is 1. The maximum atomic E-state index is 11.7. The number of rotatable bonds is 3. The highest BCUT2D eigenvalue weighted by Gasteiger charge is 2.61. The standard InChI is InChI=1S/C16H22N2O5/c1-10-3-2-8-16(17)11(5-4-10)12(16)9-22-15(21)23-18-13(19)6-7-14(18)20/h3,11-12H,2,4-9,17H2,1H3/b10-3-/t11-,12+,16+/m1/s1. The molecule has 1 saturated heterocycles. The summed E-state index contributed by atoms with van der Waals surface area (Å²) in [6, 6.07) is 0. The Balaban J connectivity index is 1.49. The van der Waals surface area contributed by atoms with E-state index in [0.29, 0.717) is 11.0 Å². The van der Waals surface area contributed by atoms with E-state index in [1.165, 1.54) is 5.57 Å². The van der Waals surface area contributed by atoms with Crippen molar-refractivity contribution in [2.24, 2.45) is 17.6 Å². The van der Waals surface area contributed by atoms with Crippen molar-refractivity contribution >= 4 is 18.0 Å². The van der Waals surface area contributed by atoms with E-state index in [9.17, 15) is 14.4 Å². The second-order valence-electron chi connectivity index (χ2n) is 6.69. The third kappa shape index (κ3) is 3.10. The van der Waals surface area contributed by atoms with Crippen molar-refractivity contribution in [1.29, 1.82) is 0 Å². The highest BCUT2D eigenvalue weighted by Crippen LogP contribution is 2.55. The minimum absolute atomic E-state index is 0.0646. The Hall–Kier alpha value is -1.89. The van der Waals surface area contributed by atoms with E-state index in [2.05, 4.69) is 17.8 Å². The smallest absolute Gasteiger partial charge is 0.432 e. The third-order valence-corrected chi connectivity index (χ3v) is 5.23. The van der Waals surface area contributed by atoms with Crippen molar-refractivity contribution < 1.29 is 24.0 Å². The molecule has 3 rings (SSSR count). The highest BCUT2D eigenvalue weighted by atomic mass is 16.8. The molecule has 0 radical (unpaired) electrons. The summed E-state index contributed by atoms with van der Waals surface area (Å²) in [5, 5.41) is 0.490. The predicted octanol–water partition coefficient (Wildman–Crippen LogP) is 1.67. The largest absolute Gasteiger partial charge is 0.533 e. The number of hydrogen-bond acceptors (Lipinski definition) is 6. The van der Waals surface area contributed by atoms with Gasteiger partial charge in [0.15, 0.2) is 0 Å². The van der Waals surface area contributed by atoms with Crippen molar-refractivity contribution in [3.05, 3.63) is 11.6 Å². The SMILES string of the molecule is C/C1=C/CC[C@]2(N)[C@H](CC1)[C@@H]2COC(=O)ON1C(=O)CCC1=O. The first kappa shape index (κ1) is 16.0. The molecule has 2 aliphatic carbocycles. The first-order valence-electron chi connectivity index (χ1n) is 8.07. The lowest BCUT2D eigenvalue weighted by molar-refractivity contribution is -0.177. The van der Waals surface area contributed by atoms with Gasteiger partial charge in [-0.2, -0.15) is 0 Å². The lowest BCUT2D eigenvalue weighted by Crippen LogP contribution is -2.33. The van der Waals surface area contributed by atoms with Gasteiger partial charge in [-0.25, -0.2) is 4.79 Å². The molecule has 2 fully saturated rings. The first-order chi connectivity index (χ1) is 10.9. The fourth-order valence-corrected chi connectivity index (χ4v) is 3.71. The van der Waals surface area contributed by atoms with Crippen molar-refractivity contribution in [2.45, 2.75) is 51.0 Å². The molecule has 0 unspecified atom stereocenters. The van der Waals surface area contributed by atoms with Crippen LogP contribution in [0, 0.1) is 11.8 Å². The molecule has 0 aromatic heterocycles. The Morgan fingerprint density at radius 2 is 2.04 bits per heavy atom. The highest BCUT2D eigenvalue weighted by molar-refractivity contribution is 6.01. The molecule has 3 atom stereocenters. The molecule has 7 heteroatoms. The van der Waals surface area contributed by atoms with E-state index in [4.69, 9.17) is 10.5 Å². The van der Waals surface area contributed by atoms with Crippen LogP contribution >= 0.6 is 0 Å². The number of imide groups is 1.